The minimum absolute atomic E-state index is 0.266. The molecule has 1 heterocycles. The van der Waals surface area contributed by atoms with Crippen molar-refractivity contribution < 1.29 is 4.74 Å². The molecule has 1 atom stereocenters. The van der Waals surface area contributed by atoms with E-state index in [-0.39, 0.29) is 6.10 Å². The van der Waals surface area contributed by atoms with Gasteiger partial charge in [-0.05, 0) is 30.9 Å². The molecule has 0 saturated carbocycles. The van der Waals surface area contributed by atoms with Gasteiger partial charge in [0.05, 0.1) is 6.10 Å². The van der Waals surface area contributed by atoms with Gasteiger partial charge in [-0.15, -0.1) is 0 Å². The van der Waals surface area contributed by atoms with Gasteiger partial charge in [-0.25, -0.2) is 0 Å². The van der Waals surface area contributed by atoms with Gasteiger partial charge < -0.3 is 15.4 Å². The highest BCUT2D eigenvalue weighted by Crippen LogP contribution is 2.25. The van der Waals surface area contributed by atoms with Crippen LogP contribution in [0.1, 0.15) is 24.5 Å². The number of ether oxygens (including phenoxy) is 1. The highest BCUT2D eigenvalue weighted by atomic mass is 16.5. The van der Waals surface area contributed by atoms with Crippen LogP contribution >= 0.6 is 0 Å². The highest BCUT2D eigenvalue weighted by molar-refractivity contribution is 5.59. The van der Waals surface area contributed by atoms with Crippen molar-refractivity contribution in [3.05, 3.63) is 29.3 Å². The Labute approximate surface area is 104 Å². The summed E-state index contributed by atoms with van der Waals surface area (Å²) in [5.74, 6) is 0. The molecule has 1 aromatic carbocycles. The lowest BCUT2D eigenvalue weighted by Gasteiger charge is -2.21. The van der Waals surface area contributed by atoms with Crippen molar-refractivity contribution in [1.29, 1.82) is 0 Å². The molecule has 1 aromatic rings. The van der Waals surface area contributed by atoms with E-state index in [0.717, 1.165) is 19.6 Å². The Kier molecular flexibility index (Phi) is 4.40. The van der Waals surface area contributed by atoms with Crippen LogP contribution in [-0.4, -0.2) is 26.3 Å². The molecule has 0 amide bonds. The van der Waals surface area contributed by atoms with E-state index in [1.165, 1.54) is 29.7 Å². The van der Waals surface area contributed by atoms with E-state index in [1.807, 2.05) is 0 Å². The molecule has 0 fully saturated rings. The quantitative estimate of drug-likeness (QED) is 0.819. The van der Waals surface area contributed by atoms with Gasteiger partial charge in [0.1, 0.15) is 0 Å². The molecule has 0 radical (unpaired) electrons. The Morgan fingerprint density at radius 3 is 3.18 bits per heavy atom. The summed E-state index contributed by atoms with van der Waals surface area (Å²) in [5, 5.41) is 6.95. The average molecular weight is 234 g/mol. The third-order valence-corrected chi connectivity index (χ3v) is 3.31. The van der Waals surface area contributed by atoms with Crippen molar-refractivity contribution in [1.82, 2.24) is 5.32 Å². The summed E-state index contributed by atoms with van der Waals surface area (Å²) in [7, 11) is 1.75. The van der Waals surface area contributed by atoms with Gasteiger partial charge in [-0.1, -0.05) is 18.2 Å². The maximum Gasteiger partial charge on any atom is 0.0667 e. The third-order valence-electron chi connectivity index (χ3n) is 3.31. The van der Waals surface area contributed by atoms with E-state index in [1.54, 1.807) is 7.11 Å². The maximum atomic E-state index is 5.22. The van der Waals surface area contributed by atoms with Crippen LogP contribution in [0.3, 0.4) is 0 Å². The fraction of sp³-hybridized carbons (Fsp3) is 0.571. The number of rotatable bonds is 5. The molecular weight excluding hydrogens is 212 g/mol. The number of para-hydroxylation sites is 1. The predicted molar refractivity (Wildman–Crippen MR) is 71.4 cm³/mol. The van der Waals surface area contributed by atoms with Crippen molar-refractivity contribution in [2.24, 2.45) is 0 Å². The molecule has 0 saturated heterocycles. The lowest BCUT2D eigenvalue weighted by Crippen LogP contribution is -2.26. The molecule has 3 nitrogen and oxygen atoms in total. The van der Waals surface area contributed by atoms with E-state index in [2.05, 4.69) is 35.8 Å². The van der Waals surface area contributed by atoms with Gasteiger partial charge in [0, 0.05) is 32.4 Å². The number of fused-ring (bicyclic) bond motifs is 1. The van der Waals surface area contributed by atoms with Gasteiger partial charge >= 0.3 is 0 Å². The third kappa shape index (κ3) is 3.20. The fourth-order valence-electron chi connectivity index (χ4n) is 2.22. The minimum Gasteiger partial charge on any atom is -0.385 e. The molecule has 0 bridgehead atoms. The first-order valence-corrected chi connectivity index (χ1v) is 6.39. The van der Waals surface area contributed by atoms with E-state index in [0.29, 0.717) is 0 Å². The van der Waals surface area contributed by atoms with Crippen LogP contribution in [0, 0.1) is 0 Å². The number of hydrogen-bond acceptors (Lipinski definition) is 3. The number of nitrogens with one attached hydrogen (secondary N) is 2. The smallest absolute Gasteiger partial charge is 0.0667 e. The summed E-state index contributed by atoms with van der Waals surface area (Å²) in [6.07, 6.45) is 2.71. The second-order valence-corrected chi connectivity index (χ2v) is 4.66. The SMILES string of the molecule is COC(C)CNCc1cccc2c1NCCC2. The van der Waals surface area contributed by atoms with Gasteiger partial charge in [-0.3, -0.25) is 0 Å². The lowest BCUT2D eigenvalue weighted by molar-refractivity contribution is 0.117. The van der Waals surface area contributed by atoms with Crippen molar-refractivity contribution >= 4 is 5.69 Å². The molecule has 2 rings (SSSR count). The highest BCUT2D eigenvalue weighted by Gasteiger charge is 2.11. The lowest BCUT2D eigenvalue weighted by atomic mass is 9.99. The number of methoxy groups -OCH3 is 1. The van der Waals surface area contributed by atoms with E-state index in [9.17, 15) is 0 Å². The van der Waals surface area contributed by atoms with Crippen LogP contribution in [0.15, 0.2) is 18.2 Å². The topological polar surface area (TPSA) is 33.3 Å². The Balaban J connectivity index is 1.96. The second kappa shape index (κ2) is 6.03. The molecule has 1 unspecified atom stereocenters. The number of hydrogen-bond donors (Lipinski definition) is 2. The first-order chi connectivity index (χ1) is 8.31. The molecule has 0 aromatic heterocycles. The van der Waals surface area contributed by atoms with Crippen LogP contribution in [0.2, 0.25) is 0 Å². The minimum atomic E-state index is 0.266. The van der Waals surface area contributed by atoms with Crippen molar-refractivity contribution in [3.8, 4) is 0 Å². The van der Waals surface area contributed by atoms with Crippen LogP contribution < -0.4 is 10.6 Å². The summed E-state index contributed by atoms with van der Waals surface area (Å²) < 4.78 is 5.22. The first-order valence-electron chi connectivity index (χ1n) is 6.39. The molecule has 0 aliphatic carbocycles. The Hall–Kier alpha value is -1.06. The molecule has 0 spiro atoms. The van der Waals surface area contributed by atoms with Gasteiger partial charge in [-0.2, -0.15) is 0 Å². The van der Waals surface area contributed by atoms with Crippen LogP contribution in [0.25, 0.3) is 0 Å². The Morgan fingerprint density at radius 1 is 1.47 bits per heavy atom. The van der Waals surface area contributed by atoms with Gasteiger partial charge in [0.2, 0.25) is 0 Å². The normalized spacial score (nSPS) is 16.1. The van der Waals surface area contributed by atoms with E-state index < -0.39 is 0 Å². The molecular formula is C14H22N2O. The van der Waals surface area contributed by atoms with E-state index >= 15 is 0 Å². The van der Waals surface area contributed by atoms with Crippen LogP contribution in [-0.2, 0) is 17.7 Å². The maximum absolute atomic E-state index is 5.22. The molecule has 2 N–H and O–H groups in total. The first kappa shape index (κ1) is 12.4. The van der Waals surface area contributed by atoms with E-state index in [4.69, 9.17) is 4.74 Å². The standard InChI is InChI=1S/C14H22N2O/c1-11(17-2)9-15-10-13-6-3-5-12-7-4-8-16-14(12)13/h3,5-6,11,15-16H,4,7-10H2,1-2H3. The number of aryl methyl sites for hydroxylation is 1. The number of benzene rings is 1. The van der Waals surface area contributed by atoms with Crippen LogP contribution in [0.4, 0.5) is 5.69 Å². The van der Waals surface area contributed by atoms with Crippen molar-refractivity contribution in [3.63, 3.8) is 0 Å². The zero-order chi connectivity index (χ0) is 12.1. The monoisotopic (exact) mass is 234 g/mol. The molecule has 1 aliphatic rings. The summed E-state index contributed by atoms with van der Waals surface area (Å²) >= 11 is 0. The molecule has 17 heavy (non-hydrogen) atoms. The second-order valence-electron chi connectivity index (χ2n) is 4.66. The predicted octanol–water partition coefficient (Wildman–Crippen LogP) is 2.17. The molecule has 94 valence electrons. The van der Waals surface area contributed by atoms with Crippen molar-refractivity contribution in [2.45, 2.75) is 32.4 Å². The summed E-state index contributed by atoms with van der Waals surface area (Å²) in [5.41, 5.74) is 4.16. The summed E-state index contributed by atoms with van der Waals surface area (Å²) in [6, 6.07) is 6.58. The van der Waals surface area contributed by atoms with Gasteiger partial charge in [0.15, 0.2) is 0 Å². The summed E-state index contributed by atoms with van der Waals surface area (Å²) in [4.78, 5) is 0. The zero-order valence-electron chi connectivity index (χ0n) is 10.8. The molecule has 1 aliphatic heterocycles. The Morgan fingerprint density at radius 2 is 2.35 bits per heavy atom. The zero-order valence-corrected chi connectivity index (χ0v) is 10.8. The van der Waals surface area contributed by atoms with Crippen LogP contribution in [0.5, 0.6) is 0 Å². The molecule has 3 heteroatoms. The fourth-order valence-corrected chi connectivity index (χ4v) is 2.22. The number of anilines is 1. The Bertz CT molecular complexity index is 365. The van der Waals surface area contributed by atoms with Crippen molar-refractivity contribution in [2.75, 3.05) is 25.5 Å². The van der Waals surface area contributed by atoms with Gasteiger partial charge in [0.25, 0.3) is 0 Å². The summed E-state index contributed by atoms with van der Waals surface area (Å²) in [6.45, 7) is 4.97. The largest absolute Gasteiger partial charge is 0.385 e. The average Bonchev–Trinajstić information content (AvgIpc) is 2.39.